The van der Waals surface area contributed by atoms with Crippen LogP contribution in [0.5, 0.6) is 0 Å². The number of likely N-dealkylation sites (N-methyl/N-ethyl adjacent to an activating group) is 1. The Balaban J connectivity index is 1.72. The predicted molar refractivity (Wildman–Crippen MR) is 81.5 cm³/mol. The van der Waals surface area contributed by atoms with Crippen molar-refractivity contribution in [3.63, 3.8) is 0 Å². The van der Waals surface area contributed by atoms with Crippen molar-refractivity contribution in [1.29, 1.82) is 0 Å². The summed E-state index contributed by atoms with van der Waals surface area (Å²) in [5.41, 5.74) is 2.72. The van der Waals surface area contributed by atoms with Gasteiger partial charge in [-0.1, -0.05) is 24.3 Å². The molecule has 0 spiro atoms. The van der Waals surface area contributed by atoms with E-state index in [0.29, 0.717) is 12.6 Å². The first kappa shape index (κ1) is 15.0. The molecule has 1 saturated heterocycles. The fraction of sp³-hybridized carbons (Fsp3) is 0.562. The van der Waals surface area contributed by atoms with Crippen LogP contribution < -0.4 is 10.6 Å². The average molecular weight is 275 g/mol. The third-order valence-electron chi connectivity index (χ3n) is 4.08. The van der Waals surface area contributed by atoms with Crippen molar-refractivity contribution in [1.82, 2.24) is 15.5 Å². The summed E-state index contributed by atoms with van der Waals surface area (Å²) >= 11 is 0. The summed E-state index contributed by atoms with van der Waals surface area (Å²) in [5, 5.41) is 6.32. The van der Waals surface area contributed by atoms with Crippen molar-refractivity contribution in [3.8, 4) is 0 Å². The van der Waals surface area contributed by atoms with E-state index in [2.05, 4.69) is 46.7 Å². The Bertz CT molecular complexity index is 439. The Kier molecular flexibility index (Phi) is 5.56. The summed E-state index contributed by atoms with van der Waals surface area (Å²) in [5.74, 6) is 0.108. The van der Waals surface area contributed by atoms with Crippen LogP contribution in [0.25, 0.3) is 0 Å². The smallest absolute Gasteiger partial charge is 0.233 e. The molecule has 1 aliphatic rings. The van der Waals surface area contributed by atoms with Crippen LogP contribution in [0.15, 0.2) is 24.3 Å². The molecule has 0 bridgehead atoms. The van der Waals surface area contributed by atoms with E-state index in [-0.39, 0.29) is 5.91 Å². The number of rotatable bonds is 5. The summed E-state index contributed by atoms with van der Waals surface area (Å²) in [6.07, 6.45) is 2.23. The van der Waals surface area contributed by atoms with Crippen LogP contribution in [0.2, 0.25) is 0 Å². The third-order valence-corrected chi connectivity index (χ3v) is 4.08. The molecule has 0 saturated carbocycles. The number of likely N-dealkylation sites (tertiary alicyclic amines) is 1. The van der Waals surface area contributed by atoms with Gasteiger partial charge in [-0.25, -0.2) is 0 Å². The molecule has 1 amide bonds. The molecule has 0 radical (unpaired) electrons. The maximum Gasteiger partial charge on any atom is 0.233 e. The van der Waals surface area contributed by atoms with Crippen molar-refractivity contribution in [2.45, 2.75) is 32.4 Å². The zero-order valence-corrected chi connectivity index (χ0v) is 12.5. The van der Waals surface area contributed by atoms with Crippen molar-refractivity contribution in [3.05, 3.63) is 35.4 Å². The van der Waals surface area contributed by atoms with E-state index in [0.717, 1.165) is 32.5 Å². The standard InChI is InChI=1S/C16H25N3O/c1-13-5-3-4-6-14(13)11-18-15-7-9-19(10-8-15)12-16(20)17-2/h3-6,15,18H,7-12H2,1-2H3,(H,17,20). The summed E-state index contributed by atoms with van der Waals surface area (Å²) < 4.78 is 0. The highest BCUT2D eigenvalue weighted by molar-refractivity contribution is 5.77. The van der Waals surface area contributed by atoms with Gasteiger partial charge in [-0.3, -0.25) is 9.69 Å². The zero-order valence-electron chi connectivity index (χ0n) is 12.5. The number of hydrogen-bond acceptors (Lipinski definition) is 3. The number of amides is 1. The fourth-order valence-electron chi connectivity index (χ4n) is 2.64. The van der Waals surface area contributed by atoms with E-state index in [4.69, 9.17) is 0 Å². The Morgan fingerprint density at radius 3 is 2.65 bits per heavy atom. The lowest BCUT2D eigenvalue weighted by molar-refractivity contribution is -0.122. The molecule has 2 rings (SSSR count). The molecule has 4 nitrogen and oxygen atoms in total. The largest absolute Gasteiger partial charge is 0.358 e. The van der Waals surface area contributed by atoms with Gasteiger partial charge in [-0.15, -0.1) is 0 Å². The van der Waals surface area contributed by atoms with E-state index < -0.39 is 0 Å². The number of nitrogens with zero attached hydrogens (tertiary/aromatic N) is 1. The Morgan fingerprint density at radius 2 is 2.00 bits per heavy atom. The topological polar surface area (TPSA) is 44.4 Å². The number of hydrogen-bond donors (Lipinski definition) is 2. The number of piperidine rings is 1. The van der Waals surface area contributed by atoms with Gasteiger partial charge in [0.25, 0.3) is 0 Å². The van der Waals surface area contributed by atoms with Crippen LogP contribution in [0, 0.1) is 6.92 Å². The molecule has 1 aromatic rings. The zero-order chi connectivity index (χ0) is 14.4. The molecule has 0 aromatic heterocycles. The minimum Gasteiger partial charge on any atom is -0.358 e. The molecule has 110 valence electrons. The number of benzene rings is 1. The molecule has 0 unspecified atom stereocenters. The van der Waals surface area contributed by atoms with Gasteiger partial charge in [0, 0.05) is 32.7 Å². The Hall–Kier alpha value is -1.39. The van der Waals surface area contributed by atoms with Gasteiger partial charge in [0.15, 0.2) is 0 Å². The van der Waals surface area contributed by atoms with Crippen molar-refractivity contribution >= 4 is 5.91 Å². The molecule has 1 aromatic carbocycles. The van der Waals surface area contributed by atoms with Gasteiger partial charge in [0.1, 0.15) is 0 Å². The third kappa shape index (κ3) is 4.32. The predicted octanol–water partition coefficient (Wildman–Crippen LogP) is 1.30. The molecule has 2 N–H and O–H groups in total. The Labute approximate surface area is 121 Å². The second kappa shape index (κ2) is 7.41. The van der Waals surface area contributed by atoms with Crippen LogP contribution in [-0.4, -0.2) is 43.5 Å². The summed E-state index contributed by atoms with van der Waals surface area (Å²) in [4.78, 5) is 13.6. The molecular weight excluding hydrogens is 250 g/mol. The first-order chi connectivity index (χ1) is 9.69. The van der Waals surface area contributed by atoms with Gasteiger partial charge in [-0.2, -0.15) is 0 Å². The lowest BCUT2D eigenvalue weighted by atomic mass is 10.0. The molecule has 1 heterocycles. The minimum atomic E-state index is 0.108. The second-order valence-electron chi connectivity index (χ2n) is 5.53. The normalized spacial score (nSPS) is 17.1. The monoisotopic (exact) mass is 275 g/mol. The summed E-state index contributed by atoms with van der Waals surface area (Å²) in [7, 11) is 1.69. The van der Waals surface area contributed by atoms with Gasteiger partial charge in [0.2, 0.25) is 5.91 Å². The van der Waals surface area contributed by atoms with E-state index in [1.165, 1.54) is 11.1 Å². The number of aryl methyl sites for hydroxylation is 1. The van der Waals surface area contributed by atoms with E-state index >= 15 is 0 Å². The molecular formula is C16H25N3O. The maximum absolute atomic E-state index is 11.3. The SMILES string of the molecule is CNC(=O)CN1CCC(NCc2ccccc2C)CC1. The number of carbonyl (C=O) groups is 1. The van der Waals surface area contributed by atoms with Crippen LogP contribution in [0.3, 0.4) is 0 Å². The first-order valence-electron chi connectivity index (χ1n) is 7.40. The lowest BCUT2D eigenvalue weighted by Gasteiger charge is -2.32. The van der Waals surface area contributed by atoms with Crippen LogP contribution >= 0.6 is 0 Å². The number of nitrogens with one attached hydrogen (secondary N) is 2. The highest BCUT2D eigenvalue weighted by atomic mass is 16.1. The number of carbonyl (C=O) groups excluding carboxylic acids is 1. The minimum absolute atomic E-state index is 0.108. The van der Waals surface area contributed by atoms with E-state index in [1.54, 1.807) is 7.05 Å². The van der Waals surface area contributed by atoms with Crippen LogP contribution in [-0.2, 0) is 11.3 Å². The average Bonchev–Trinajstić information content (AvgIpc) is 2.48. The van der Waals surface area contributed by atoms with Crippen molar-refractivity contribution in [2.24, 2.45) is 0 Å². The van der Waals surface area contributed by atoms with Crippen LogP contribution in [0.1, 0.15) is 24.0 Å². The summed E-state index contributed by atoms with van der Waals surface area (Å²) in [6, 6.07) is 9.08. The molecule has 4 heteroatoms. The summed E-state index contributed by atoms with van der Waals surface area (Å²) in [6.45, 7) is 5.62. The first-order valence-corrected chi connectivity index (χ1v) is 7.40. The lowest BCUT2D eigenvalue weighted by Crippen LogP contribution is -2.45. The van der Waals surface area contributed by atoms with Gasteiger partial charge in [-0.05, 0) is 30.9 Å². The fourth-order valence-corrected chi connectivity index (χ4v) is 2.64. The molecule has 0 atom stereocenters. The maximum atomic E-state index is 11.3. The van der Waals surface area contributed by atoms with Crippen molar-refractivity contribution < 1.29 is 4.79 Å². The quantitative estimate of drug-likeness (QED) is 0.851. The van der Waals surface area contributed by atoms with Gasteiger partial charge < -0.3 is 10.6 Å². The molecule has 20 heavy (non-hydrogen) atoms. The molecule has 1 aliphatic heterocycles. The van der Waals surface area contributed by atoms with Crippen LogP contribution in [0.4, 0.5) is 0 Å². The van der Waals surface area contributed by atoms with E-state index in [9.17, 15) is 4.79 Å². The van der Waals surface area contributed by atoms with Gasteiger partial charge in [0.05, 0.1) is 6.54 Å². The van der Waals surface area contributed by atoms with Gasteiger partial charge >= 0.3 is 0 Å². The van der Waals surface area contributed by atoms with E-state index in [1.807, 2.05) is 0 Å². The Morgan fingerprint density at radius 1 is 1.30 bits per heavy atom. The highest BCUT2D eigenvalue weighted by Gasteiger charge is 2.20. The molecule has 1 fully saturated rings. The van der Waals surface area contributed by atoms with Crippen molar-refractivity contribution in [2.75, 3.05) is 26.7 Å². The highest BCUT2D eigenvalue weighted by Crippen LogP contribution is 2.12. The second-order valence-corrected chi connectivity index (χ2v) is 5.53. The molecule has 0 aliphatic carbocycles.